The molecular weight excluding hydrogens is 232 g/mol. The Labute approximate surface area is 119 Å². The van der Waals surface area contributed by atoms with Gasteiger partial charge in [0, 0.05) is 18.6 Å². The molecule has 0 saturated carbocycles. The second kappa shape index (κ2) is 7.06. The first-order valence-corrected chi connectivity index (χ1v) is 7.32. The van der Waals surface area contributed by atoms with Gasteiger partial charge in [0.1, 0.15) is 0 Å². The smallest absolute Gasteiger partial charge is 0.00970 e. The largest absolute Gasteiger partial charge is 0.315 e. The summed E-state index contributed by atoms with van der Waals surface area (Å²) >= 11 is 0. The topological polar surface area (TPSA) is 24.1 Å². The summed E-state index contributed by atoms with van der Waals surface area (Å²) in [6.45, 7) is 14.3. The summed E-state index contributed by atoms with van der Waals surface area (Å²) < 4.78 is 0. The van der Waals surface area contributed by atoms with Crippen LogP contribution in [-0.4, -0.2) is 25.2 Å². The van der Waals surface area contributed by atoms with E-state index in [1.807, 2.05) is 0 Å². The Hall–Kier alpha value is -0.860. The Bertz CT molecular complexity index is 349. The standard InChI is InChI=1S/C17H30N2/c1-16(2,3)19-14-13-18-12-11-17(4,5)15-9-7-6-8-10-15/h6-10,18-19H,11-14H2,1-5H3. The third-order valence-corrected chi connectivity index (χ3v) is 3.44. The van der Waals surface area contributed by atoms with Crippen LogP contribution in [0.25, 0.3) is 0 Å². The maximum absolute atomic E-state index is 3.52. The molecule has 0 unspecified atom stereocenters. The second-order valence-electron chi connectivity index (χ2n) is 6.93. The van der Waals surface area contributed by atoms with Crippen molar-refractivity contribution >= 4 is 0 Å². The molecular formula is C17H30N2. The summed E-state index contributed by atoms with van der Waals surface area (Å²) in [6.07, 6.45) is 1.16. The number of benzene rings is 1. The Kier molecular flexibility index (Phi) is 6.02. The minimum absolute atomic E-state index is 0.213. The first kappa shape index (κ1) is 16.2. The van der Waals surface area contributed by atoms with Crippen molar-refractivity contribution in [2.45, 2.75) is 52.0 Å². The Morgan fingerprint density at radius 2 is 1.47 bits per heavy atom. The van der Waals surface area contributed by atoms with Crippen LogP contribution < -0.4 is 10.6 Å². The van der Waals surface area contributed by atoms with E-state index >= 15 is 0 Å². The van der Waals surface area contributed by atoms with E-state index in [9.17, 15) is 0 Å². The molecule has 0 bridgehead atoms. The third-order valence-electron chi connectivity index (χ3n) is 3.44. The molecule has 19 heavy (non-hydrogen) atoms. The molecule has 0 saturated heterocycles. The van der Waals surface area contributed by atoms with E-state index < -0.39 is 0 Å². The van der Waals surface area contributed by atoms with E-state index in [-0.39, 0.29) is 11.0 Å². The van der Waals surface area contributed by atoms with Gasteiger partial charge in [-0.25, -0.2) is 0 Å². The Morgan fingerprint density at radius 3 is 2.05 bits per heavy atom. The van der Waals surface area contributed by atoms with E-state index in [4.69, 9.17) is 0 Å². The average Bonchev–Trinajstić information content (AvgIpc) is 2.33. The fourth-order valence-corrected chi connectivity index (χ4v) is 2.09. The van der Waals surface area contributed by atoms with E-state index in [2.05, 4.69) is 75.6 Å². The monoisotopic (exact) mass is 262 g/mol. The van der Waals surface area contributed by atoms with E-state index in [0.29, 0.717) is 0 Å². The summed E-state index contributed by atoms with van der Waals surface area (Å²) in [7, 11) is 0. The van der Waals surface area contributed by atoms with Crippen molar-refractivity contribution in [3.05, 3.63) is 35.9 Å². The molecule has 1 aromatic carbocycles. The molecule has 108 valence electrons. The fourth-order valence-electron chi connectivity index (χ4n) is 2.09. The fraction of sp³-hybridized carbons (Fsp3) is 0.647. The van der Waals surface area contributed by atoms with E-state index in [0.717, 1.165) is 26.1 Å². The van der Waals surface area contributed by atoms with Crippen LogP contribution in [0.3, 0.4) is 0 Å². The SMILES string of the molecule is CC(C)(C)NCCNCCC(C)(C)c1ccccc1. The predicted octanol–water partition coefficient (Wildman–Crippen LogP) is 3.33. The number of nitrogens with one attached hydrogen (secondary N) is 2. The molecule has 1 rings (SSSR count). The first-order valence-electron chi connectivity index (χ1n) is 7.32. The molecule has 2 N–H and O–H groups in total. The van der Waals surface area contributed by atoms with Crippen molar-refractivity contribution in [2.24, 2.45) is 0 Å². The van der Waals surface area contributed by atoms with E-state index in [1.165, 1.54) is 5.56 Å². The quantitative estimate of drug-likeness (QED) is 0.737. The summed E-state index contributed by atoms with van der Waals surface area (Å²) in [6, 6.07) is 10.8. The molecule has 2 nitrogen and oxygen atoms in total. The summed E-state index contributed by atoms with van der Waals surface area (Å²) in [5.74, 6) is 0. The molecule has 0 amide bonds. The molecule has 0 aliphatic rings. The number of hydrogen-bond acceptors (Lipinski definition) is 2. The number of rotatable bonds is 7. The van der Waals surface area contributed by atoms with Gasteiger partial charge in [-0.15, -0.1) is 0 Å². The van der Waals surface area contributed by atoms with Crippen molar-refractivity contribution in [1.29, 1.82) is 0 Å². The minimum Gasteiger partial charge on any atom is -0.315 e. The highest BCUT2D eigenvalue weighted by Gasteiger charge is 2.19. The summed E-state index contributed by atoms with van der Waals surface area (Å²) in [5, 5.41) is 7.01. The normalized spacial score (nSPS) is 12.7. The van der Waals surface area contributed by atoms with Crippen molar-refractivity contribution in [1.82, 2.24) is 10.6 Å². The van der Waals surface area contributed by atoms with Gasteiger partial charge in [0.25, 0.3) is 0 Å². The molecule has 0 heterocycles. The van der Waals surface area contributed by atoms with Crippen LogP contribution in [0, 0.1) is 0 Å². The second-order valence-corrected chi connectivity index (χ2v) is 6.93. The van der Waals surface area contributed by atoms with E-state index in [1.54, 1.807) is 0 Å². The van der Waals surface area contributed by atoms with Crippen LogP contribution in [0.15, 0.2) is 30.3 Å². The van der Waals surface area contributed by atoms with Gasteiger partial charge >= 0.3 is 0 Å². The number of hydrogen-bond donors (Lipinski definition) is 2. The molecule has 1 aromatic rings. The minimum atomic E-state index is 0.213. The lowest BCUT2D eigenvalue weighted by molar-refractivity contribution is 0.410. The van der Waals surface area contributed by atoms with Gasteiger partial charge in [-0.2, -0.15) is 0 Å². The Balaban J connectivity index is 2.22. The van der Waals surface area contributed by atoms with Crippen LogP contribution in [0.5, 0.6) is 0 Å². The zero-order valence-corrected chi connectivity index (χ0v) is 13.2. The van der Waals surface area contributed by atoms with Gasteiger partial charge in [0.15, 0.2) is 0 Å². The lowest BCUT2D eigenvalue weighted by atomic mass is 9.81. The summed E-state index contributed by atoms with van der Waals surface area (Å²) in [5.41, 5.74) is 1.88. The van der Waals surface area contributed by atoms with Gasteiger partial charge < -0.3 is 10.6 Å². The van der Waals surface area contributed by atoms with Gasteiger partial charge in [0.2, 0.25) is 0 Å². The maximum atomic E-state index is 3.52. The van der Waals surface area contributed by atoms with Crippen molar-refractivity contribution in [3.63, 3.8) is 0 Å². The molecule has 2 heteroatoms. The molecule has 0 atom stereocenters. The van der Waals surface area contributed by atoms with Gasteiger partial charge in [-0.3, -0.25) is 0 Å². The van der Waals surface area contributed by atoms with Crippen LogP contribution in [-0.2, 0) is 5.41 Å². The molecule has 0 spiro atoms. The first-order chi connectivity index (χ1) is 8.81. The van der Waals surface area contributed by atoms with Gasteiger partial charge in [-0.1, -0.05) is 44.2 Å². The van der Waals surface area contributed by atoms with Crippen LogP contribution in [0.1, 0.15) is 46.6 Å². The van der Waals surface area contributed by atoms with Crippen molar-refractivity contribution in [2.75, 3.05) is 19.6 Å². The third kappa shape index (κ3) is 6.74. The highest BCUT2D eigenvalue weighted by Crippen LogP contribution is 2.25. The molecule has 0 radical (unpaired) electrons. The van der Waals surface area contributed by atoms with Crippen molar-refractivity contribution < 1.29 is 0 Å². The highest BCUT2D eigenvalue weighted by atomic mass is 15.0. The lowest BCUT2D eigenvalue weighted by Gasteiger charge is -2.26. The zero-order valence-electron chi connectivity index (χ0n) is 13.2. The van der Waals surface area contributed by atoms with Gasteiger partial charge in [0.05, 0.1) is 0 Å². The average molecular weight is 262 g/mol. The van der Waals surface area contributed by atoms with Crippen molar-refractivity contribution in [3.8, 4) is 0 Å². The Morgan fingerprint density at radius 1 is 0.842 bits per heavy atom. The van der Waals surface area contributed by atoms with Crippen LogP contribution >= 0.6 is 0 Å². The molecule has 0 fully saturated rings. The highest BCUT2D eigenvalue weighted by molar-refractivity contribution is 5.23. The maximum Gasteiger partial charge on any atom is 0.00970 e. The van der Waals surface area contributed by atoms with Crippen LogP contribution in [0.2, 0.25) is 0 Å². The zero-order chi connectivity index (χ0) is 14.4. The molecule has 0 aliphatic carbocycles. The lowest BCUT2D eigenvalue weighted by Crippen LogP contribution is -2.40. The van der Waals surface area contributed by atoms with Crippen LogP contribution in [0.4, 0.5) is 0 Å². The molecule has 0 aromatic heterocycles. The molecule has 0 aliphatic heterocycles. The van der Waals surface area contributed by atoms with Gasteiger partial charge in [-0.05, 0) is 44.7 Å². The predicted molar refractivity (Wildman–Crippen MR) is 84.7 cm³/mol. The summed E-state index contributed by atoms with van der Waals surface area (Å²) in [4.78, 5) is 0.